The quantitative estimate of drug-likeness (QED) is 0.650. The standard InChI is InChI=1S/C14H17N3O4/c18-14(19)10-4-3-9(8-13(10)17(20)21)15-11-5-7-16-6-1-2-12(11)16/h3-4,8,11-12,15H,1-2,5-7H2,(H,18,19). The summed E-state index contributed by atoms with van der Waals surface area (Å²) in [7, 11) is 0. The number of nitro groups is 1. The Morgan fingerprint density at radius 1 is 1.38 bits per heavy atom. The van der Waals surface area contributed by atoms with E-state index in [0.29, 0.717) is 11.7 Å². The first kappa shape index (κ1) is 13.8. The molecule has 2 aliphatic heterocycles. The van der Waals surface area contributed by atoms with Crippen LogP contribution in [0.1, 0.15) is 29.6 Å². The number of anilines is 1. The highest BCUT2D eigenvalue weighted by atomic mass is 16.6. The number of carboxylic acids is 1. The van der Waals surface area contributed by atoms with Crippen molar-refractivity contribution in [1.82, 2.24) is 4.90 Å². The molecule has 7 nitrogen and oxygen atoms in total. The summed E-state index contributed by atoms with van der Waals surface area (Å²) >= 11 is 0. The number of benzene rings is 1. The van der Waals surface area contributed by atoms with E-state index in [-0.39, 0.29) is 17.3 Å². The van der Waals surface area contributed by atoms with E-state index in [4.69, 9.17) is 5.11 Å². The predicted octanol–water partition coefficient (Wildman–Crippen LogP) is 1.94. The summed E-state index contributed by atoms with van der Waals surface area (Å²) in [6.07, 6.45) is 3.35. The van der Waals surface area contributed by atoms with E-state index in [1.54, 1.807) is 6.07 Å². The number of carbonyl (C=O) groups is 1. The van der Waals surface area contributed by atoms with Crippen molar-refractivity contribution in [2.45, 2.75) is 31.3 Å². The van der Waals surface area contributed by atoms with E-state index in [0.717, 1.165) is 25.9 Å². The number of nitrogens with one attached hydrogen (secondary N) is 1. The lowest BCUT2D eigenvalue weighted by molar-refractivity contribution is -0.385. The Labute approximate surface area is 121 Å². The van der Waals surface area contributed by atoms with Crippen LogP contribution in [-0.2, 0) is 0 Å². The topological polar surface area (TPSA) is 95.7 Å². The van der Waals surface area contributed by atoms with Crippen molar-refractivity contribution in [2.24, 2.45) is 0 Å². The fourth-order valence-electron chi connectivity index (χ4n) is 3.42. The average molecular weight is 291 g/mol. The van der Waals surface area contributed by atoms with Gasteiger partial charge in [-0.25, -0.2) is 4.79 Å². The molecule has 0 bridgehead atoms. The maximum Gasteiger partial charge on any atom is 0.342 e. The summed E-state index contributed by atoms with van der Waals surface area (Å²) < 4.78 is 0. The zero-order chi connectivity index (χ0) is 15.0. The van der Waals surface area contributed by atoms with Crippen LogP contribution < -0.4 is 5.32 Å². The number of aromatic carboxylic acids is 1. The van der Waals surface area contributed by atoms with E-state index < -0.39 is 10.9 Å². The number of rotatable bonds is 4. The van der Waals surface area contributed by atoms with Crippen LogP contribution in [0.3, 0.4) is 0 Å². The van der Waals surface area contributed by atoms with Crippen LogP contribution >= 0.6 is 0 Å². The average Bonchev–Trinajstić information content (AvgIpc) is 3.03. The Hall–Kier alpha value is -2.15. The molecular formula is C14H17N3O4. The van der Waals surface area contributed by atoms with Crippen LogP contribution in [-0.4, -0.2) is 46.1 Å². The number of carboxylic acid groups (broad SMARTS) is 1. The van der Waals surface area contributed by atoms with Crippen molar-refractivity contribution in [2.75, 3.05) is 18.4 Å². The van der Waals surface area contributed by atoms with Crippen LogP contribution in [0, 0.1) is 10.1 Å². The lowest BCUT2D eigenvalue weighted by atomic mass is 10.1. The molecule has 0 amide bonds. The Kier molecular flexibility index (Phi) is 3.50. The summed E-state index contributed by atoms with van der Waals surface area (Å²) in [6, 6.07) is 4.99. The molecule has 3 rings (SSSR count). The smallest absolute Gasteiger partial charge is 0.342 e. The summed E-state index contributed by atoms with van der Waals surface area (Å²) in [5.74, 6) is -1.28. The lowest BCUT2D eigenvalue weighted by Crippen LogP contribution is -2.33. The third kappa shape index (κ3) is 2.56. The molecule has 2 heterocycles. The molecule has 0 saturated carbocycles. The molecule has 0 radical (unpaired) electrons. The summed E-state index contributed by atoms with van der Waals surface area (Å²) in [4.78, 5) is 23.8. The van der Waals surface area contributed by atoms with Gasteiger partial charge in [0, 0.05) is 30.4 Å². The number of nitrogens with zero attached hydrogens (tertiary/aromatic N) is 2. The monoisotopic (exact) mass is 291 g/mol. The third-order valence-corrected chi connectivity index (χ3v) is 4.38. The number of hydrogen-bond acceptors (Lipinski definition) is 5. The maximum absolute atomic E-state index is 11.0. The molecule has 21 heavy (non-hydrogen) atoms. The van der Waals surface area contributed by atoms with Gasteiger partial charge in [0.2, 0.25) is 0 Å². The van der Waals surface area contributed by atoms with Crippen molar-refractivity contribution in [3.63, 3.8) is 0 Å². The Morgan fingerprint density at radius 2 is 2.19 bits per heavy atom. The van der Waals surface area contributed by atoms with Gasteiger partial charge in [-0.1, -0.05) is 0 Å². The minimum Gasteiger partial charge on any atom is -0.477 e. The zero-order valence-corrected chi connectivity index (χ0v) is 11.5. The van der Waals surface area contributed by atoms with E-state index in [2.05, 4.69) is 10.2 Å². The lowest BCUT2D eigenvalue weighted by Gasteiger charge is -2.22. The Bertz CT molecular complexity index is 590. The minimum atomic E-state index is -1.28. The van der Waals surface area contributed by atoms with Gasteiger partial charge in [-0.2, -0.15) is 0 Å². The van der Waals surface area contributed by atoms with Gasteiger partial charge in [0.1, 0.15) is 5.56 Å². The normalized spacial score (nSPS) is 24.8. The number of nitro benzene ring substituents is 1. The molecule has 2 fully saturated rings. The first-order valence-electron chi connectivity index (χ1n) is 7.08. The van der Waals surface area contributed by atoms with Crippen molar-refractivity contribution in [3.05, 3.63) is 33.9 Å². The van der Waals surface area contributed by atoms with Gasteiger partial charge >= 0.3 is 5.97 Å². The molecule has 2 N–H and O–H groups in total. The largest absolute Gasteiger partial charge is 0.477 e. The van der Waals surface area contributed by atoms with E-state index in [1.165, 1.54) is 18.6 Å². The minimum absolute atomic E-state index is 0.278. The second-order valence-corrected chi connectivity index (χ2v) is 5.58. The van der Waals surface area contributed by atoms with Crippen molar-refractivity contribution in [3.8, 4) is 0 Å². The van der Waals surface area contributed by atoms with Gasteiger partial charge in [-0.05, 0) is 37.9 Å². The first-order chi connectivity index (χ1) is 10.1. The fourth-order valence-corrected chi connectivity index (χ4v) is 3.42. The fraction of sp³-hybridized carbons (Fsp3) is 0.500. The van der Waals surface area contributed by atoms with Crippen LogP contribution in [0.15, 0.2) is 18.2 Å². The Morgan fingerprint density at radius 3 is 2.90 bits per heavy atom. The molecule has 2 aliphatic rings. The summed E-state index contributed by atoms with van der Waals surface area (Å²) in [5, 5.41) is 23.3. The predicted molar refractivity (Wildman–Crippen MR) is 76.7 cm³/mol. The van der Waals surface area contributed by atoms with Crippen LogP contribution in [0.5, 0.6) is 0 Å². The van der Waals surface area contributed by atoms with Crippen molar-refractivity contribution >= 4 is 17.3 Å². The van der Waals surface area contributed by atoms with Crippen LogP contribution in [0.25, 0.3) is 0 Å². The molecular weight excluding hydrogens is 274 g/mol. The van der Waals surface area contributed by atoms with Gasteiger partial charge < -0.3 is 10.4 Å². The van der Waals surface area contributed by atoms with Gasteiger partial charge in [-0.15, -0.1) is 0 Å². The zero-order valence-electron chi connectivity index (χ0n) is 11.5. The first-order valence-corrected chi connectivity index (χ1v) is 7.08. The van der Waals surface area contributed by atoms with Crippen molar-refractivity contribution in [1.29, 1.82) is 0 Å². The molecule has 2 unspecified atom stereocenters. The second-order valence-electron chi connectivity index (χ2n) is 5.58. The van der Waals surface area contributed by atoms with Crippen molar-refractivity contribution < 1.29 is 14.8 Å². The van der Waals surface area contributed by atoms with E-state index >= 15 is 0 Å². The van der Waals surface area contributed by atoms with Gasteiger partial charge in [0.25, 0.3) is 5.69 Å². The Balaban J connectivity index is 1.81. The molecule has 0 aromatic heterocycles. The number of hydrogen-bond donors (Lipinski definition) is 2. The molecule has 1 aromatic rings. The SMILES string of the molecule is O=C(O)c1ccc(NC2CCN3CCCC23)cc1[N+](=O)[O-]. The highest BCUT2D eigenvalue weighted by molar-refractivity contribution is 5.93. The van der Waals surface area contributed by atoms with E-state index in [1.807, 2.05) is 0 Å². The highest BCUT2D eigenvalue weighted by Crippen LogP contribution is 2.31. The molecule has 0 spiro atoms. The second kappa shape index (κ2) is 5.33. The summed E-state index contributed by atoms with van der Waals surface area (Å²) in [5.41, 5.74) is -0.0290. The summed E-state index contributed by atoms with van der Waals surface area (Å²) in [6.45, 7) is 2.18. The number of fused-ring (bicyclic) bond motifs is 1. The molecule has 2 atom stereocenters. The highest BCUT2D eigenvalue weighted by Gasteiger charge is 2.37. The molecule has 7 heteroatoms. The molecule has 0 aliphatic carbocycles. The van der Waals surface area contributed by atoms with Gasteiger partial charge in [0.15, 0.2) is 0 Å². The third-order valence-electron chi connectivity index (χ3n) is 4.38. The van der Waals surface area contributed by atoms with Gasteiger partial charge in [0.05, 0.1) is 4.92 Å². The molecule has 112 valence electrons. The van der Waals surface area contributed by atoms with Gasteiger partial charge in [-0.3, -0.25) is 15.0 Å². The maximum atomic E-state index is 11.0. The molecule has 1 aromatic carbocycles. The van der Waals surface area contributed by atoms with E-state index in [9.17, 15) is 14.9 Å². The van der Waals surface area contributed by atoms with Crippen LogP contribution in [0.4, 0.5) is 11.4 Å². The van der Waals surface area contributed by atoms with Crippen LogP contribution in [0.2, 0.25) is 0 Å². The molecule has 2 saturated heterocycles.